The van der Waals surface area contributed by atoms with Crippen molar-refractivity contribution in [1.82, 2.24) is 10.1 Å². The van der Waals surface area contributed by atoms with Gasteiger partial charge in [-0.15, -0.1) is 0 Å². The van der Waals surface area contributed by atoms with Gasteiger partial charge in [-0.3, -0.25) is 4.79 Å². The highest BCUT2D eigenvalue weighted by Gasteiger charge is 2.10. The van der Waals surface area contributed by atoms with Crippen LogP contribution in [-0.2, 0) is 17.9 Å². The van der Waals surface area contributed by atoms with E-state index in [-0.39, 0.29) is 18.9 Å². The molecule has 1 heterocycles. The first kappa shape index (κ1) is 14.1. The maximum absolute atomic E-state index is 13.2. The summed E-state index contributed by atoms with van der Waals surface area (Å²) in [5.74, 6) is 0.173. The Balaban J connectivity index is 2.09. The minimum atomic E-state index is -0.428. The number of halogens is 1. The number of ether oxygens (including phenoxy) is 1. The number of methoxy groups -OCH3 is 1. The van der Waals surface area contributed by atoms with Crippen molar-refractivity contribution in [2.75, 3.05) is 12.4 Å². The molecule has 0 fully saturated rings. The standard InChI is InChI=1S/C13H14FN3O3/c1-8(18)10-4-3-9(14)5-11(10)15-6-13-16-12(7-19-2)17-20-13/h3-5,15H,6-7H2,1-2H3. The third kappa shape index (κ3) is 3.39. The van der Waals surface area contributed by atoms with Gasteiger partial charge in [-0.1, -0.05) is 5.16 Å². The van der Waals surface area contributed by atoms with E-state index in [2.05, 4.69) is 15.5 Å². The molecule has 0 aliphatic rings. The van der Waals surface area contributed by atoms with Gasteiger partial charge in [0.05, 0.1) is 6.54 Å². The van der Waals surface area contributed by atoms with Crippen molar-refractivity contribution in [3.63, 3.8) is 0 Å². The predicted molar refractivity (Wildman–Crippen MR) is 68.7 cm³/mol. The highest BCUT2D eigenvalue weighted by Crippen LogP contribution is 2.18. The van der Waals surface area contributed by atoms with Crippen molar-refractivity contribution in [3.05, 3.63) is 41.3 Å². The van der Waals surface area contributed by atoms with Crippen LogP contribution in [0.3, 0.4) is 0 Å². The SMILES string of the molecule is COCc1noc(CNc2cc(F)ccc2C(C)=O)n1. The van der Waals surface area contributed by atoms with Crippen molar-refractivity contribution in [2.24, 2.45) is 0 Å². The van der Waals surface area contributed by atoms with E-state index in [1.165, 1.54) is 32.2 Å². The summed E-state index contributed by atoms with van der Waals surface area (Å²) in [4.78, 5) is 15.5. The first-order chi connectivity index (χ1) is 9.60. The minimum Gasteiger partial charge on any atom is -0.377 e. The molecule has 106 valence electrons. The number of Topliss-reactive ketones (excluding diaryl/α,β-unsaturated/α-hetero) is 1. The van der Waals surface area contributed by atoms with E-state index >= 15 is 0 Å². The van der Waals surface area contributed by atoms with Gasteiger partial charge in [-0.2, -0.15) is 4.98 Å². The first-order valence-electron chi connectivity index (χ1n) is 5.95. The lowest BCUT2D eigenvalue weighted by atomic mass is 10.1. The second kappa shape index (κ2) is 6.25. The number of rotatable bonds is 6. The third-order valence-electron chi connectivity index (χ3n) is 2.57. The summed E-state index contributed by atoms with van der Waals surface area (Å²) in [6.45, 7) is 1.87. The molecule has 1 aromatic heterocycles. The van der Waals surface area contributed by atoms with Gasteiger partial charge in [0.15, 0.2) is 11.6 Å². The Kier molecular flexibility index (Phi) is 4.41. The predicted octanol–water partition coefficient (Wildman–Crippen LogP) is 2.17. The second-order valence-corrected chi connectivity index (χ2v) is 4.14. The Labute approximate surface area is 114 Å². The molecule has 0 atom stereocenters. The normalized spacial score (nSPS) is 10.6. The molecule has 1 N–H and O–H groups in total. The van der Waals surface area contributed by atoms with Crippen LogP contribution in [0.4, 0.5) is 10.1 Å². The van der Waals surface area contributed by atoms with Crippen LogP contribution >= 0.6 is 0 Å². The molecule has 6 nitrogen and oxygen atoms in total. The Morgan fingerprint density at radius 3 is 3.00 bits per heavy atom. The molecule has 0 saturated carbocycles. The average Bonchev–Trinajstić information content (AvgIpc) is 2.84. The van der Waals surface area contributed by atoms with E-state index in [9.17, 15) is 9.18 Å². The van der Waals surface area contributed by atoms with E-state index < -0.39 is 5.82 Å². The van der Waals surface area contributed by atoms with E-state index in [0.29, 0.717) is 23.0 Å². The number of carbonyl (C=O) groups excluding carboxylic acids is 1. The maximum Gasteiger partial charge on any atom is 0.246 e. The molecule has 0 aliphatic carbocycles. The van der Waals surface area contributed by atoms with Gasteiger partial charge in [-0.05, 0) is 25.1 Å². The van der Waals surface area contributed by atoms with E-state index in [0.717, 1.165) is 0 Å². The van der Waals surface area contributed by atoms with Crippen LogP contribution in [0, 0.1) is 5.82 Å². The number of hydrogen-bond donors (Lipinski definition) is 1. The molecule has 0 amide bonds. The molecule has 7 heteroatoms. The Morgan fingerprint density at radius 1 is 1.50 bits per heavy atom. The van der Waals surface area contributed by atoms with Gasteiger partial charge in [-0.25, -0.2) is 4.39 Å². The molecule has 0 bridgehead atoms. The molecular weight excluding hydrogens is 265 g/mol. The molecule has 2 rings (SSSR count). The Morgan fingerprint density at radius 2 is 2.30 bits per heavy atom. The van der Waals surface area contributed by atoms with Crippen molar-refractivity contribution < 1.29 is 18.4 Å². The molecule has 0 radical (unpaired) electrons. The van der Waals surface area contributed by atoms with Crippen LogP contribution in [0.5, 0.6) is 0 Å². The number of nitrogens with one attached hydrogen (secondary N) is 1. The third-order valence-corrected chi connectivity index (χ3v) is 2.57. The van der Waals surface area contributed by atoms with E-state index in [4.69, 9.17) is 9.26 Å². The average molecular weight is 279 g/mol. The van der Waals surface area contributed by atoms with Gasteiger partial charge < -0.3 is 14.6 Å². The monoisotopic (exact) mass is 279 g/mol. The summed E-state index contributed by atoms with van der Waals surface area (Å²) < 4.78 is 23.1. The fraction of sp³-hybridized carbons (Fsp3) is 0.308. The number of hydrogen-bond acceptors (Lipinski definition) is 6. The molecular formula is C13H14FN3O3. The minimum absolute atomic E-state index is 0.155. The fourth-order valence-electron chi connectivity index (χ4n) is 1.69. The smallest absolute Gasteiger partial charge is 0.246 e. The first-order valence-corrected chi connectivity index (χ1v) is 5.95. The highest BCUT2D eigenvalue weighted by molar-refractivity contribution is 5.99. The van der Waals surface area contributed by atoms with Gasteiger partial charge in [0.25, 0.3) is 0 Å². The Bertz CT molecular complexity index is 613. The fourth-order valence-corrected chi connectivity index (χ4v) is 1.69. The summed E-state index contributed by atoms with van der Waals surface area (Å²) in [5.41, 5.74) is 0.798. The summed E-state index contributed by atoms with van der Waals surface area (Å²) >= 11 is 0. The van der Waals surface area contributed by atoms with Crippen LogP contribution in [-0.4, -0.2) is 23.0 Å². The summed E-state index contributed by atoms with van der Waals surface area (Å²) in [5, 5.41) is 6.61. The number of ketones is 1. The van der Waals surface area contributed by atoms with Gasteiger partial charge >= 0.3 is 0 Å². The topological polar surface area (TPSA) is 77.3 Å². The van der Waals surface area contributed by atoms with Gasteiger partial charge in [0.1, 0.15) is 12.4 Å². The molecule has 0 saturated heterocycles. The summed E-state index contributed by atoms with van der Waals surface area (Å²) in [6, 6.07) is 3.93. The molecule has 0 aliphatic heterocycles. The number of benzene rings is 1. The Hall–Kier alpha value is -2.28. The largest absolute Gasteiger partial charge is 0.377 e. The number of aromatic nitrogens is 2. The van der Waals surface area contributed by atoms with Gasteiger partial charge in [0, 0.05) is 18.4 Å². The van der Waals surface area contributed by atoms with Crippen molar-refractivity contribution >= 4 is 11.5 Å². The second-order valence-electron chi connectivity index (χ2n) is 4.14. The molecule has 0 unspecified atom stereocenters. The van der Waals surface area contributed by atoms with Crippen LogP contribution in [0.1, 0.15) is 29.0 Å². The quantitative estimate of drug-likeness (QED) is 0.816. The molecule has 0 spiro atoms. The molecule has 1 aromatic carbocycles. The molecule has 20 heavy (non-hydrogen) atoms. The number of carbonyl (C=O) groups is 1. The lowest BCUT2D eigenvalue weighted by molar-refractivity contribution is 0.101. The zero-order valence-electron chi connectivity index (χ0n) is 11.1. The van der Waals surface area contributed by atoms with Crippen LogP contribution in [0.15, 0.2) is 22.7 Å². The summed E-state index contributed by atoms with van der Waals surface area (Å²) in [6.07, 6.45) is 0. The van der Waals surface area contributed by atoms with Crippen LogP contribution < -0.4 is 5.32 Å². The van der Waals surface area contributed by atoms with Crippen molar-refractivity contribution in [1.29, 1.82) is 0 Å². The number of nitrogens with zero attached hydrogens (tertiary/aromatic N) is 2. The summed E-state index contributed by atoms with van der Waals surface area (Å²) in [7, 11) is 1.53. The zero-order chi connectivity index (χ0) is 14.5. The molecule has 2 aromatic rings. The zero-order valence-corrected chi connectivity index (χ0v) is 11.1. The van der Waals surface area contributed by atoms with Gasteiger partial charge in [0.2, 0.25) is 5.89 Å². The maximum atomic E-state index is 13.2. The highest BCUT2D eigenvalue weighted by atomic mass is 19.1. The van der Waals surface area contributed by atoms with Crippen LogP contribution in [0.25, 0.3) is 0 Å². The number of anilines is 1. The lowest BCUT2D eigenvalue weighted by Gasteiger charge is -2.08. The van der Waals surface area contributed by atoms with Crippen molar-refractivity contribution in [3.8, 4) is 0 Å². The van der Waals surface area contributed by atoms with E-state index in [1.807, 2.05) is 0 Å². The van der Waals surface area contributed by atoms with E-state index in [1.54, 1.807) is 0 Å². The lowest BCUT2D eigenvalue weighted by Crippen LogP contribution is -2.06. The van der Waals surface area contributed by atoms with Crippen molar-refractivity contribution in [2.45, 2.75) is 20.1 Å². The van der Waals surface area contributed by atoms with Crippen LogP contribution in [0.2, 0.25) is 0 Å².